The van der Waals surface area contributed by atoms with E-state index in [0.717, 1.165) is 5.01 Å². The second-order valence-electron chi connectivity index (χ2n) is 3.44. The molecule has 1 fully saturated rings. The van der Waals surface area contributed by atoms with Gasteiger partial charge < -0.3 is 10.6 Å². The average Bonchev–Trinajstić information content (AvgIpc) is 2.84. The van der Waals surface area contributed by atoms with Gasteiger partial charge in [-0.25, -0.2) is 9.37 Å². The van der Waals surface area contributed by atoms with Crippen molar-refractivity contribution in [3.05, 3.63) is 16.6 Å². The SMILES string of the molecule is O=C(NCc1nccs1)[C@H]1C[C@H](F)CN1. The fourth-order valence-electron chi connectivity index (χ4n) is 1.52. The number of nitrogens with one attached hydrogen (secondary N) is 2. The van der Waals surface area contributed by atoms with Crippen LogP contribution in [0, 0.1) is 0 Å². The third kappa shape index (κ3) is 2.73. The molecule has 1 amide bonds. The van der Waals surface area contributed by atoms with Gasteiger partial charge in [-0.3, -0.25) is 4.79 Å². The Morgan fingerprint density at radius 1 is 1.80 bits per heavy atom. The summed E-state index contributed by atoms with van der Waals surface area (Å²) in [4.78, 5) is 15.6. The van der Waals surface area contributed by atoms with Crippen LogP contribution in [0.1, 0.15) is 11.4 Å². The number of alkyl halides is 1. The Balaban J connectivity index is 1.78. The lowest BCUT2D eigenvalue weighted by atomic mass is 10.2. The highest BCUT2D eigenvalue weighted by atomic mass is 32.1. The molecule has 1 aliphatic heterocycles. The van der Waals surface area contributed by atoms with Gasteiger partial charge in [-0.05, 0) is 0 Å². The first kappa shape index (κ1) is 10.5. The summed E-state index contributed by atoms with van der Waals surface area (Å²) in [6.45, 7) is 0.695. The van der Waals surface area contributed by atoms with Gasteiger partial charge in [0.15, 0.2) is 0 Å². The van der Waals surface area contributed by atoms with E-state index in [-0.39, 0.29) is 24.9 Å². The van der Waals surface area contributed by atoms with Crippen molar-refractivity contribution in [2.75, 3.05) is 6.54 Å². The monoisotopic (exact) mass is 229 g/mol. The van der Waals surface area contributed by atoms with Crippen molar-refractivity contribution in [3.8, 4) is 0 Å². The standard InChI is InChI=1S/C9H12FN3OS/c10-6-3-7(12-4-6)9(14)13-5-8-11-1-2-15-8/h1-2,6-7,12H,3-5H2,(H,13,14)/t6-,7+/m0/s1. The molecule has 1 aromatic rings. The minimum absolute atomic E-state index is 0.148. The van der Waals surface area contributed by atoms with E-state index in [1.807, 2.05) is 5.38 Å². The van der Waals surface area contributed by atoms with Gasteiger partial charge in [0.1, 0.15) is 11.2 Å². The zero-order valence-corrected chi connectivity index (χ0v) is 8.89. The molecule has 0 spiro atoms. The van der Waals surface area contributed by atoms with Crippen molar-refractivity contribution in [1.82, 2.24) is 15.6 Å². The van der Waals surface area contributed by atoms with Crippen LogP contribution >= 0.6 is 11.3 Å². The number of hydrogen-bond acceptors (Lipinski definition) is 4. The fraction of sp³-hybridized carbons (Fsp3) is 0.556. The van der Waals surface area contributed by atoms with E-state index in [9.17, 15) is 9.18 Å². The highest BCUT2D eigenvalue weighted by Gasteiger charge is 2.28. The van der Waals surface area contributed by atoms with Crippen LogP contribution in [0.25, 0.3) is 0 Å². The molecule has 0 aliphatic carbocycles. The molecule has 1 aliphatic rings. The number of nitrogens with zero attached hydrogens (tertiary/aromatic N) is 1. The summed E-state index contributed by atoms with van der Waals surface area (Å²) in [5, 5.41) is 8.27. The number of aromatic nitrogens is 1. The van der Waals surface area contributed by atoms with E-state index in [1.54, 1.807) is 6.20 Å². The molecule has 6 heteroatoms. The molecule has 2 atom stereocenters. The molecule has 0 aromatic carbocycles. The van der Waals surface area contributed by atoms with Crippen LogP contribution in [0.4, 0.5) is 4.39 Å². The molecular formula is C9H12FN3OS. The molecule has 2 rings (SSSR count). The third-order valence-electron chi connectivity index (χ3n) is 2.29. The minimum atomic E-state index is -0.902. The molecule has 1 aromatic heterocycles. The maximum absolute atomic E-state index is 12.8. The van der Waals surface area contributed by atoms with Crippen molar-refractivity contribution < 1.29 is 9.18 Å². The molecular weight excluding hydrogens is 217 g/mol. The molecule has 0 saturated carbocycles. The highest BCUT2D eigenvalue weighted by molar-refractivity contribution is 7.09. The zero-order chi connectivity index (χ0) is 10.7. The Labute approximate surface area is 90.9 Å². The van der Waals surface area contributed by atoms with E-state index in [4.69, 9.17) is 0 Å². The van der Waals surface area contributed by atoms with Gasteiger partial charge in [0, 0.05) is 24.5 Å². The maximum Gasteiger partial charge on any atom is 0.237 e. The number of carbonyl (C=O) groups is 1. The van der Waals surface area contributed by atoms with Crippen LogP contribution in [0.15, 0.2) is 11.6 Å². The van der Waals surface area contributed by atoms with Crippen LogP contribution in [0.3, 0.4) is 0 Å². The Kier molecular flexibility index (Phi) is 3.27. The lowest BCUT2D eigenvalue weighted by Gasteiger charge is -2.09. The predicted octanol–water partition coefficient (Wildman–Crippen LogP) is 0.459. The van der Waals surface area contributed by atoms with Crippen molar-refractivity contribution in [1.29, 1.82) is 0 Å². The van der Waals surface area contributed by atoms with E-state index in [0.29, 0.717) is 6.54 Å². The predicted molar refractivity (Wildman–Crippen MR) is 55.3 cm³/mol. The number of hydrogen-bond donors (Lipinski definition) is 2. The van der Waals surface area contributed by atoms with Crippen LogP contribution in [0.2, 0.25) is 0 Å². The molecule has 15 heavy (non-hydrogen) atoms. The van der Waals surface area contributed by atoms with E-state index >= 15 is 0 Å². The summed E-state index contributed by atoms with van der Waals surface area (Å²) in [5.74, 6) is -0.148. The Morgan fingerprint density at radius 3 is 3.27 bits per heavy atom. The number of halogens is 1. The normalized spacial score (nSPS) is 25.4. The number of amides is 1. The first-order chi connectivity index (χ1) is 7.25. The summed E-state index contributed by atoms with van der Waals surface area (Å²) in [6.07, 6.45) is 1.06. The van der Waals surface area contributed by atoms with Crippen molar-refractivity contribution in [2.24, 2.45) is 0 Å². The first-order valence-electron chi connectivity index (χ1n) is 4.79. The molecule has 82 valence electrons. The molecule has 0 unspecified atom stereocenters. The second-order valence-corrected chi connectivity index (χ2v) is 4.42. The van der Waals surface area contributed by atoms with Gasteiger partial charge in [0.05, 0.1) is 12.6 Å². The average molecular weight is 229 g/mol. The second kappa shape index (κ2) is 4.67. The Morgan fingerprint density at radius 2 is 2.67 bits per heavy atom. The van der Waals surface area contributed by atoms with Gasteiger partial charge in [0.2, 0.25) is 5.91 Å². The summed E-state index contributed by atoms with van der Waals surface area (Å²) in [6, 6.07) is -0.389. The Hall–Kier alpha value is -1.01. The molecule has 2 N–H and O–H groups in total. The van der Waals surface area contributed by atoms with Gasteiger partial charge in [-0.2, -0.15) is 0 Å². The number of carbonyl (C=O) groups excluding carboxylic acids is 1. The van der Waals surface area contributed by atoms with E-state index < -0.39 is 6.17 Å². The quantitative estimate of drug-likeness (QED) is 0.791. The molecule has 1 saturated heterocycles. The van der Waals surface area contributed by atoms with Crippen molar-refractivity contribution in [2.45, 2.75) is 25.2 Å². The molecule has 4 nitrogen and oxygen atoms in total. The van der Waals surface area contributed by atoms with Gasteiger partial charge >= 0.3 is 0 Å². The number of thiazole rings is 1. The lowest BCUT2D eigenvalue weighted by Crippen LogP contribution is -2.39. The summed E-state index contributed by atoms with van der Waals surface area (Å²) >= 11 is 1.49. The molecule has 0 radical (unpaired) electrons. The van der Waals surface area contributed by atoms with Gasteiger partial charge in [0.25, 0.3) is 0 Å². The van der Waals surface area contributed by atoms with Crippen molar-refractivity contribution >= 4 is 17.2 Å². The van der Waals surface area contributed by atoms with E-state index in [2.05, 4.69) is 15.6 Å². The van der Waals surface area contributed by atoms with Crippen LogP contribution in [-0.2, 0) is 11.3 Å². The van der Waals surface area contributed by atoms with E-state index in [1.165, 1.54) is 11.3 Å². The number of rotatable bonds is 3. The maximum atomic E-state index is 12.8. The van der Waals surface area contributed by atoms with Crippen LogP contribution in [0.5, 0.6) is 0 Å². The van der Waals surface area contributed by atoms with Crippen molar-refractivity contribution in [3.63, 3.8) is 0 Å². The molecule has 0 bridgehead atoms. The van der Waals surface area contributed by atoms with Gasteiger partial charge in [-0.1, -0.05) is 0 Å². The molecule has 2 heterocycles. The minimum Gasteiger partial charge on any atom is -0.348 e. The lowest BCUT2D eigenvalue weighted by molar-refractivity contribution is -0.123. The summed E-state index contributed by atoms with van der Waals surface area (Å²) in [7, 11) is 0. The largest absolute Gasteiger partial charge is 0.348 e. The first-order valence-corrected chi connectivity index (χ1v) is 5.67. The third-order valence-corrected chi connectivity index (χ3v) is 3.07. The van der Waals surface area contributed by atoms with Gasteiger partial charge in [-0.15, -0.1) is 11.3 Å². The van der Waals surface area contributed by atoms with Crippen LogP contribution < -0.4 is 10.6 Å². The smallest absolute Gasteiger partial charge is 0.237 e. The summed E-state index contributed by atoms with van der Waals surface area (Å²) in [5.41, 5.74) is 0. The highest BCUT2D eigenvalue weighted by Crippen LogP contribution is 2.10. The fourth-order valence-corrected chi connectivity index (χ4v) is 2.07. The topological polar surface area (TPSA) is 54.0 Å². The summed E-state index contributed by atoms with van der Waals surface area (Å²) < 4.78 is 12.8. The zero-order valence-electron chi connectivity index (χ0n) is 8.07. The van der Waals surface area contributed by atoms with Crippen LogP contribution in [-0.4, -0.2) is 29.6 Å². The Bertz CT molecular complexity index is 330.